The molecule has 36 heavy (non-hydrogen) atoms. The van der Waals surface area contributed by atoms with Gasteiger partial charge in [-0.3, -0.25) is 9.10 Å². The number of nitrogens with one attached hydrogen (secondary N) is 1. The molecule has 0 fully saturated rings. The molecule has 0 radical (unpaired) electrons. The van der Waals surface area contributed by atoms with Crippen molar-refractivity contribution in [3.8, 4) is 11.5 Å². The fraction of sp³-hybridized carbons (Fsp3) is 0.179. The monoisotopic (exact) mass is 502 g/mol. The van der Waals surface area contributed by atoms with E-state index in [-0.39, 0.29) is 24.6 Å². The van der Waals surface area contributed by atoms with E-state index in [1.54, 1.807) is 48.5 Å². The number of amides is 1. The quantitative estimate of drug-likeness (QED) is 0.381. The smallest absolute Gasteiger partial charge is 0.264 e. The standard InChI is InChI=1S/C28H26N2O5S/c1-20-10-14-24(15-11-20)36(32,33)30-19-27(35-26-9-5-4-8-25(26)30)28(31)29-16-17-34-23-13-12-21-6-2-3-7-22(21)18-23/h2-15,18,27H,16-17,19H2,1H3,(H,29,31)/t27-/m1/s1. The van der Waals surface area contributed by atoms with Gasteiger partial charge in [0.2, 0.25) is 0 Å². The molecule has 1 aliphatic rings. The predicted molar refractivity (Wildman–Crippen MR) is 139 cm³/mol. The second-order valence-electron chi connectivity index (χ2n) is 8.57. The van der Waals surface area contributed by atoms with Crippen molar-refractivity contribution < 1.29 is 22.7 Å². The third-order valence-corrected chi connectivity index (χ3v) is 7.82. The zero-order chi connectivity index (χ0) is 25.1. The van der Waals surface area contributed by atoms with E-state index in [1.165, 1.54) is 4.31 Å². The molecule has 0 unspecified atom stereocenters. The van der Waals surface area contributed by atoms with E-state index < -0.39 is 22.0 Å². The van der Waals surface area contributed by atoms with Gasteiger partial charge >= 0.3 is 0 Å². The van der Waals surface area contributed by atoms with Gasteiger partial charge in [0.1, 0.15) is 18.1 Å². The van der Waals surface area contributed by atoms with Crippen molar-refractivity contribution in [1.82, 2.24) is 5.32 Å². The molecular weight excluding hydrogens is 476 g/mol. The third kappa shape index (κ3) is 4.85. The van der Waals surface area contributed by atoms with E-state index >= 15 is 0 Å². The minimum Gasteiger partial charge on any atom is -0.492 e. The Balaban J connectivity index is 1.26. The van der Waals surface area contributed by atoms with Gasteiger partial charge in [-0.25, -0.2) is 8.42 Å². The van der Waals surface area contributed by atoms with Crippen molar-refractivity contribution in [2.45, 2.75) is 17.9 Å². The molecule has 0 bridgehead atoms. The van der Waals surface area contributed by atoms with Gasteiger partial charge in [-0.1, -0.05) is 60.2 Å². The Hall–Kier alpha value is -4.04. The van der Waals surface area contributed by atoms with Crippen LogP contribution in [0, 0.1) is 6.92 Å². The van der Waals surface area contributed by atoms with Gasteiger partial charge in [0.15, 0.2) is 6.10 Å². The van der Waals surface area contributed by atoms with Gasteiger partial charge in [0.25, 0.3) is 15.9 Å². The number of aryl methyl sites for hydroxylation is 1. The number of hydrogen-bond donors (Lipinski definition) is 1. The summed E-state index contributed by atoms with van der Waals surface area (Å²) in [7, 11) is -3.89. The molecule has 4 aromatic carbocycles. The van der Waals surface area contributed by atoms with Crippen LogP contribution in [0.4, 0.5) is 5.69 Å². The van der Waals surface area contributed by atoms with Crippen LogP contribution in [-0.2, 0) is 14.8 Å². The summed E-state index contributed by atoms with van der Waals surface area (Å²) in [5, 5.41) is 4.99. The number of sulfonamides is 1. The molecule has 4 aromatic rings. The summed E-state index contributed by atoms with van der Waals surface area (Å²) in [5.74, 6) is 0.642. The number of benzene rings is 4. The van der Waals surface area contributed by atoms with Gasteiger partial charge in [-0.2, -0.15) is 0 Å². The summed E-state index contributed by atoms with van der Waals surface area (Å²) in [6.45, 7) is 2.27. The van der Waals surface area contributed by atoms with Crippen LogP contribution in [0.2, 0.25) is 0 Å². The number of para-hydroxylation sites is 2. The maximum atomic E-state index is 13.5. The molecule has 5 rings (SSSR count). The second-order valence-corrected chi connectivity index (χ2v) is 10.4. The SMILES string of the molecule is Cc1ccc(S(=O)(=O)N2C[C@H](C(=O)NCCOc3ccc4ccccc4c3)Oc3ccccc32)cc1. The largest absolute Gasteiger partial charge is 0.492 e. The van der Waals surface area contributed by atoms with Crippen LogP contribution in [0.1, 0.15) is 5.56 Å². The number of nitrogens with zero attached hydrogens (tertiary/aromatic N) is 1. The van der Waals surface area contributed by atoms with E-state index in [0.29, 0.717) is 17.2 Å². The molecular formula is C28H26N2O5S. The molecule has 1 N–H and O–H groups in total. The van der Waals surface area contributed by atoms with Gasteiger partial charge in [-0.05, 0) is 54.1 Å². The molecule has 0 saturated heterocycles. The van der Waals surface area contributed by atoms with Crippen LogP contribution in [0.15, 0.2) is 95.9 Å². The van der Waals surface area contributed by atoms with Gasteiger partial charge in [0, 0.05) is 0 Å². The van der Waals surface area contributed by atoms with E-state index in [1.807, 2.05) is 49.4 Å². The summed E-state index contributed by atoms with van der Waals surface area (Å²) < 4.78 is 39.8. The Labute approximate surface area is 210 Å². The highest BCUT2D eigenvalue weighted by Crippen LogP contribution is 2.36. The summed E-state index contributed by atoms with van der Waals surface area (Å²) in [5.41, 5.74) is 1.36. The number of fused-ring (bicyclic) bond motifs is 2. The van der Waals surface area contributed by atoms with Gasteiger partial charge in [0.05, 0.1) is 23.7 Å². The average molecular weight is 503 g/mol. The Bertz CT molecular complexity index is 1500. The van der Waals surface area contributed by atoms with E-state index in [9.17, 15) is 13.2 Å². The van der Waals surface area contributed by atoms with Crippen LogP contribution in [0.25, 0.3) is 10.8 Å². The highest BCUT2D eigenvalue weighted by Gasteiger charge is 2.37. The van der Waals surface area contributed by atoms with Crippen molar-refractivity contribution in [2.75, 3.05) is 24.0 Å². The first-order valence-electron chi connectivity index (χ1n) is 11.7. The predicted octanol–water partition coefficient (Wildman–Crippen LogP) is 4.30. The maximum absolute atomic E-state index is 13.5. The molecule has 7 nitrogen and oxygen atoms in total. The normalized spacial score (nSPS) is 15.1. The number of rotatable bonds is 7. The lowest BCUT2D eigenvalue weighted by atomic mass is 10.1. The van der Waals surface area contributed by atoms with Crippen LogP contribution in [0.3, 0.4) is 0 Å². The number of ether oxygens (including phenoxy) is 2. The van der Waals surface area contributed by atoms with Gasteiger partial charge < -0.3 is 14.8 Å². The van der Waals surface area contributed by atoms with Crippen molar-refractivity contribution in [3.05, 3.63) is 96.6 Å². The topological polar surface area (TPSA) is 84.9 Å². The molecule has 1 atom stereocenters. The number of hydrogen-bond acceptors (Lipinski definition) is 5. The Morgan fingerprint density at radius 3 is 2.50 bits per heavy atom. The molecule has 0 aromatic heterocycles. The Kier molecular flexibility index (Phi) is 6.52. The van der Waals surface area contributed by atoms with Crippen LogP contribution in [0.5, 0.6) is 11.5 Å². The van der Waals surface area contributed by atoms with Crippen molar-refractivity contribution in [1.29, 1.82) is 0 Å². The van der Waals surface area contributed by atoms with Crippen molar-refractivity contribution >= 4 is 32.4 Å². The van der Waals surface area contributed by atoms with E-state index in [4.69, 9.17) is 9.47 Å². The van der Waals surface area contributed by atoms with Crippen LogP contribution in [-0.4, -0.2) is 40.1 Å². The Morgan fingerprint density at radius 1 is 0.972 bits per heavy atom. The molecule has 0 saturated carbocycles. The van der Waals surface area contributed by atoms with Crippen LogP contribution >= 0.6 is 0 Å². The first-order valence-corrected chi connectivity index (χ1v) is 13.1. The molecule has 0 aliphatic carbocycles. The molecule has 1 aliphatic heterocycles. The molecule has 1 heterocycles. The molecule has 0 spiro atoms. The Morgan fingerprint density at radius 2 is 1.69 bits per heavy atom. The van der Waals surface area contributed by atoms with E-state index in [2.05, 4.69) is 5.32 Å². The summed E-state index contributed by atoms with van der Waals surface area (Å²) >= 11 is 0. The summed E-state index contributed by atoms with van der Waals surface area (Å²) in [4.78, 5) is 13.1. The molecule has 1 amide bonds. The first-order chi connectivity index (χ1) is 17.4. The molecule has 8 heteroatoms. The summed E-state index contributed by atoms with van der Waals surface area (Å²) in [6, 6.07) is 27.3. The number of carbonyl (C=O) groups excluding carboxylic acids is 1. The first kappa shape index (κ1) is 23.7. The number of anilines is 1. The molecule has 184 valence electrons. The lowest BCUT2D eigenvalue weighted by molar-refractivity contribution is -0.127. The highest BCUT2D eigenvalue weighted by atomic mass is 32.2. The average Bonchev–Trinajstić information content (AvgIpc) is 2.90. The minimum absolute atomic E-state index is 0.134. The third-order valence-electron chi connectivity index (χ3n) is 6.03. The fourth-order valence-electron chi connectivity index (χ4n) is 4.12. The second kappa shape index (κ2) is 9.91. The summed E-state index contributed by atoms with van der Waals surface area (Å²) in [6.07, 6.45) is -0.999. The van der Waals surface area contributed by atoms with Crippen LogP contribution < -0.4 is 19.1 Å². The van der Waals surface area contributed by atoms with Crippen molar-refractivity contribution in [3.63, 3.8) is 0 Å². The van der Waals surface area contributed by atoms with Gasteiger partial charge in [-0.15, -0.1) is 0 Å². The zero-order valence-electron chi connectivity index (χ0n) is 19.8. The maximum Gasteiger partial charge on any atom is 0.264 e. The minimum atomic E-state index is -3.89. The van der Waals surface area contributed by atoms with Crippen molar-refractivity contribution in [2.24, 2.45) is 0 Å². The lowest BCUT2D eigenvalue weighted by Crippen LogP contribution is -2.51. The number of carbonyl (C=O) groups is 1. The zero-order valence-corrected chi connectivity index (χ0v) is 20.6. The fourth-order valence-corrected chi connectivity index (χ4v) is 5.59. The highest BCUT2D eigenvalue weighted by molar-refractivity contribution is 7.92. The lowest BCUT2D eigenvalue weighted by Gasteiger charge is -2.34. The van der Waals surface area contributed by atoms with E-state index in [0.717, 1.165) is 16.3 Å².